The van der Waals surface area contributed by atoms with Crippen molar-refractivity contribution in [2.45, 2.75) is 20.3 Å². The Hall–Kier alpha value is -3.20. The van der Waals surface area contributed by atoms with Gasteiger partial charge in [-0.3, -0.25) is 0 Å². The average Bonchev–Trinajstić information content (AvgIpc) is 2.50. The van der Waals surface area contributed by atoms with E-state index in [4.69, 9.17) is 11.3 Å². The number of halogens is 3. The molecule has 0 aliphatic carbocycles. The lowest BCUT2D eigenvalue weighted by Gasteiger charge is -1.98. The summed E-state index contributed by atoms with van der Waals surface area (Å²) in [7, 11) is 0. The molecule has 0 radical (unpaired) electrons. The summed E-state index contributed by atoms with van der Waals surface area (Å²) >= 11 is 0. The van der Waals surface area contributed by atoms with Crippen LogP contribution in [0.1, 0.15) is 26.0 Å². The van der Waals surface area contributed by atoms with Crippen molar-refractivity contribution in [1.82, 2.24) is 0 Å². The first-order chi connectivity index (χ1) is 11.0. The highest BCUT2D eigenvalue weighted by Gasteiger charge is 1.99. The predicted octanol–water partition coefficient (Wildman–Crippen LogP) is 4.53. The lowest BCUT2D eigenvalue weighted by atomic mass is 10.1. The van der Waals surface area contributed by atoms with Crippen LogP contribution >= 0.6 is 0 Å². The van der Waals surface area contributed by atoms with E-state index in [1.54, 1.807) is 6.92 Å². The molecule has 0 saturated heterocycles. The van der Waals surface area contributed by atoms with Crippen molar-refractivity contribution < 1.29 is 23.7 Å². The van der Waals surface area contributed by atoms with Crippen LogP contribution in [0, 0.1) is 42.7 Å². The molecule has 0 spiro atoms. The van der Waals surface area contributed by atoms with Gasteiger partial charge in [-0.05, 0) is 55.6 Å². The van der Waals surface area contributed by atoms with Gasteiger partial charge in [0.25, 0.3) is 0 Å². The van der Waals surface area contributed by atoms with Crippen molar-refractivity contribution in [3.63, 3.8) is 0 Å². The number of allylic oxidation sites excluding steroid dienone is 1. The standard InChI is InChI=1S/C17H13NO.CF3.H2.3H/c1-5-8-10-11-13-15-17(14-12-9-6-2)16(4)18-19-7-3;2-1(3)4;;;;/h1H,2,7,15H2,3-4H3;;1H;;;/q;-1;;3*-1/b18-16-;;;;;. The SMILES string of the molecule is C#CC#CC#CCC(=C=C=C=C=C)/C(C)=N\OCC.F[C-](F)F.[H-].[H-].[H-].[HH]. The summed E-state index contributed by atoms with van der Waals surface area (Å²) < 4.78 is 28.8. The molecular weight excluding hydrogens is 303 g/mol. The second kappa shape index (κ2) is 16.9. The van der Waals surface area contributed by atoms with Crippen LogP contribution in [0.25, 0.3) is 0 Å². The molecule has 0 unspecified atom stereocenters. The predicted molar refractivity (Wildman–Crippen MR) is 88.9 cm³/mol. The molecule has 0 rings (SSSR count). The highest BCUT2D eigenvalue weighted by atomic mass is 19.4. The van der Waals surface area contributed by atoms with Gasteiger partial charge in [-0.1, -0.05) is 22.5 Å². The highest BCUT2D eigenvalue weighted by molar-refractivity contribution is 5.98. The maximum atomic E-state index is 9.58. The van der Waals surface area contributed by atoms with Crippen molar-refractivity contribution in [3.8, 4) is 36.0 Å². The molecular formula is C18H18F3NO-4. The molecule has 0 heterocycles. The van der Waals surface area contributed by atoms with Crippen LogP contribution in [-0.2, 0) is 4.84 Å². The smallest absolute Gasteiger partial charge is 0.154 e. The van der Waals surface area contributed by atoms with Crippen molar-refractivity contribution in [3.05, 3.63) is 41.8 Å². The third-order valence-electron chi connectivity index (χ3n) is 1.68. The Morgan fingerprint density at radius 2 is 1.96 bits per heavy atom. The number of hydrogen-bond acceptors (Lipinski definition) is 2. The summed E-state index contributed by atoms with van der Waals surface area (Å²) in [5, 5.41) is 3.91. The zero-order valence-corrected chi connectivity index (χ0v) is 12.7. The van der Waals surface area contributed by atoms with Crippen molar-refractivity contribution >= 4 is 5.71 Å². The van der Waals surface area contributed by atoms with Crippen LogP contribution in [0.5, 0.6) is 0 Å². The molecule has 0 aromatic rings. The monoisotopic (exact) mass is 321 g/mol. The number of oxime groups is 1. The zero-order chi connectivity index (χ0) is 17.9. The molecule has 0 aliphatic rings. The fraction of sp³-hybridized carbons (Fsp3) is 0.222. The summed E-state index contributed by atoms with van der Waals surface area (Å²) in [6.45, 7) is 4.44. The minimum absolute atomic E-state index is 0. The molecule has 2 nitrogen and oxygen atoms in total. The Bertz CT molecular complexity index is 724. The summed E-state index contributed by atoms with van der Waals surface area (Å²) in [5.41, 5.74) is 11.9. The topological polar surface area (TPSA) is 21.6 Å². The van der Waals surface area contributed by atoms with Gasteiger partial charge >= 0.3 is 0 Å². The lowest BCUT2D eigenvalue weighted by Crippen LogP contribution is -1.97. The second-order valence-electron chi connectivity index (χ2n) is 3.21. The van der Waals surface area contributed by atoms with E-state index in [0.717, 1.165) is 5.57 Å². The number of rotatable bonds is 4. The van der Waals surface area contributed by atoms with E-state index in [1.165, 1.54) is 0 Å². The molecule has 5 heteroatoms. The molecule has 0 bridgehead atoms. The normalized spacial score (nSPS) is 7.96. The van der Waals surface area contributed by atoms with Gasteiger partial charge in [-0.2, -0.15) is 0 Å². The van der Waals surface area contributed by atoms with Crippen LogP contribution < -0.4 is 0 Å². The molecule has 0 aliphatic heterocycles. The van der Waals surface area contributed by atoms with Gasteiger partial charge in [0, 0.05) is 13.4 Å². The van der Waals surface area contributed by atoms with E-state index in [0.29, 0.717) is 18.7 Å². The third-order valence-corrected chi connectivity index (χ3v) is 1.68. The first-order valence-corrected chi connectivity index (χ1v) is 6.07. The molecule has 0 amide bonds. The van der Waals surface area contributed by atoms with E-state index < -0.39 is 6.68 Å². The summed E-state index contributed by atoms with van der Waals surface area (Å²) in [5.74, 6) is 12.6. The van der Waals surface area contributed by atoms with E-state index in [9.17, 15) is 13.2 Å². The van der Waals surface area contributed by atoms with Crippen LogP contribution in [0.3, 0.4) is 0 Å². The molecule has 126 valence electrons. The van der Waals surface area contributed by atoms with Gasteiger partial charge in [-0.25, -0.2) is 0 Å². The third kappa shape index (κ3) is 18.8. The fourth-order valence-corrected chi connectivity index (χ4v) is 0.874. The Labute approximate surface area is 140 Å². The summed E-state index contributed by atoms with van der Waals surface area (Å²) in [6.07, 6.45) is 5.39. The molecule has 0 fully saturated rings. The van der Waals surface area contributed by atoms with Gasteiger partial charge in [-0.15, -0.1) is 6.42 Å². The largest absolute Gasteiger partial charge is 1.00 e. The van der Waals surface area contributed by atoms with E-state index in [-0.39, 0.29) is 5.71 Å². The Morgan fingerprint density at radius 3 is 2.48 bits per heavy atom. The van der Waals surface area contributed by atoms with E-state index in [1.807, 2.05) is 6.92 Å². The molecule has 0 N–H and O–H groups in total. The fourth-order valence-electron chi connectivity index (χ4n) is 0.874. The molecule has 0 saturated carbocycles. The molecule has 23 heavy (non-hydrogen) atoms. The van der Waals surface area contributed by atoms with Gasteiger partial charge in [0.2, 0.25) is 0 Å². The zero-order valence-electron chi connectivity index (χ0n) is 15.7. The minimum atomic E-state index is -3.08. The Balaban J connectivity index is -0.000000125. The maximum absolute atomic E-state index is 9.58. The van der Waals surface area contributed by atoms with Crippen LogP contribution in [0.15, 0.2) is 40.2 Å². The van der Waals surface area contributed by atoms with E-state index >= 15 is 0 Å². The first kappa shape index (κ1) is 22.1. The maximum Gasteiger partial charge on any atom is 0.154 e. The summed E-state index contributed by atoms with van der Waals surface area (Å²) in [4.78, 5) is 4.98. The Kier molecular flexibility index (Phi) is 16.2. The average molecular weight is 321 g/mol. The number of terminal acetylenes is 1. The van der Waals surface area contributed by atoms with Gasteiger partial charge in [0.15, 0.2) is 6.68 Å². The van der Waals surface area contributed by atoms with E-state index in [2.05, 4.69) is 64.3 Å². The number of hydrogen-bond donors (Lipinski definition) is 0. The van der Waals surface area contributed by atoms with Crippen molar-refractivity contribution in [1.29, 1.82) is 0 Å². The van der Waals surface area contributed by atoms with Crippen molar-refractivity contribution in [2.75, 3.05) is 6.61 Å². The highest BCUT2D eigenvalue weighted by Crippen LogP contribution is 2.02. The minimum Gasteiger partial charge on any atom is -1.00 e. The summed E-state index contributed by atoms with van der Waals surface area (Å²) in [6, 6.07) is 0. The van der Waals surface area contributed by atoms with Crippen LogP contribution in [0.2, 0.25) is 0 Å². The van der Waals surface area contributed by atoms with Gasteiger partial charge in [0.1, 0.15) is 6.61 Å². The Morgan fingerprint density at radius 1 is 1.30 bits per heavy atom. The lowest BCUT2D eigenvalue weighted by molar-refractivity contribution is 0.142. The first-order valence-electron chi connectivity index (χ1n) is 6.07. The van der Waals surface area contributed by atoms with Crippen LogP contribution in [0.4, 0.5) is 13.2 Å². The molecule has 0 atom stereocenters. The second-order valence-corrected chi connectivity index (χ2v) is 3.21. The van der Waals surface area contributed by atoms with Gasteiger partial charge < -0.3 is 22.3 Å². The molecule has 0 aromatic heterocycles. The van der Waals surface area contributed by atoms with Crippen LogP contribution in [-0.4, -0.2) is 12.3 Å². The van der Waals surface area contributed by atoms with Gasteiger partial charge in [0.05, 0.1) is 5.71 Å². The molecule has 0 aromatic carbocycles. The number of nitrogens with zero attached hydrogens (tertiary/aromatic N) is 1. The van der Waals surface area contributed by atoms with Crippen molar-refractivity contribution in [2.24, 2.45) is 5.16 Å². The quantitative estimate of drug-likeness (QED) is 0.245.